The molecule has 2 aromatic rings. The molecule has 1 aromatic carbocycles. The van der Waals surface area contributed by atoms with Gasteiger partial charge in [0.1, 0.15) is 0 Å². The number of carbonyl (C=O) groups excluding carboxylic acids is 2. The van der Waals surface area contributed by atoms with Crippen molar-refractivity contribution in [1.29, 1.82) is 0 Å². The SMILES string of the molecule is Cc1cc(C)n(CCC(=O)N2CCCN(C(=O)CC(C)C)c3ccccc3CNCC2)c(=O)n1. The van der Waals surface area contributed by atoms with Crippen molar-refractivity contribution >= 4 is 17.5 Å². The Labute approximate surface area is 202 Å². The van der Waals surface area contributed by atoms with Gasteiger partial charge in [0.25, 0.3) is 0 Å². The number of aromatic nitrogens is 2. The van der Waals surface area contributed by atoms with Crippen molar-refractivity contribution in [2.75, 3.05) is 31.1 Å². The number of nitrogens with zero attached hydrogens (tertiary/aromatic N) is 4. The van der Waals surface area contributed by atoms with Gasteiger partial charge < -0.3 is 15.1 Å². The van der Waals surface area contributed by atoms with E-state index in [4.69, 9.17) is 0 Å². The van der Waals surface area contributed by atoms with Crippen molar-refractivity contribution in [2.45, 2.75) is 60.0 Å². The fourth-order valence-electron chi connectivity index (χ4n) is 4.39. The van der Waals surface area contributed by atoms with Crippen LogP contribution in [-0.2, 0) is 22.7 Å². The molecule has 0 atom stereocenters. The summed E-state index contributed by atoms with van der Waals surface area (Å²) in [5.41, 5.74) is 3.20. The lowest BCUT2D eigenvalue weighted by Crippen LogP contribution is -2.39. The normalized spacial score (nSPS) is 15.1. The van der Waals surface area contributed by atoms with Crippen LogP contribution in [0.25, 0.3) is 0 Å². The van der Waals surface area contributed by atoms with E-state index in [2.05, 4.69) is 30.2 Å². The summed E-state index contributed by atoms with van der Waals surface area (Å²) in [4.78, 5) is 46.1. The van der Waals surface area contributed by atoms with Crippen LogP contribution in [0.15, 0.2) is 35.1 Å². The first-order valence-electron chi connectivity index (χ1n) is 12.2. The minimum absolute atomic E-state index is 0.00509. The van der Waals surface area contributed by atoms with Crippen molar-refractivity contribution in [2.24, 2.45) is 5.92 Å². The van der Waals surface area contributed by atoms with Gasteiger partial charge in [0.15, 0.2) is 0 Å². The first kappa shape index (κ1) is 25.6. The van der Waals surface area contributed by atoms with E-state index < -0.39 is 0 Å². The Morgan fingerprint density at radius 2 is 1.85 bits per heavy atom. The minimum Gasteiger partial charge on any atom is -0.341 e. The third-order valence-corrected chi connectivity index (χ3v) is 6.10. The molecule has 0 aliphatic carbocycles. The Hall–Kier alpha value is -3.00. The summed E-state index contributed by atoms with van der Waals surface area (Å²) in [6, 6.07) is 9.86. The highest BCUT2D eigenvalue weighted by atomic mass is 16.2. The monoisotopic (exact) mass is 467 g/mol. The highest BCUT2D eigenvalue weighted by molar-refractivity contribution is 5.94. The van der Waals surface area contributed by atoms with Crippen molar-refractivity contribution in [3.8, 4) is 0 Å². The van der Waals surface area contributed by atoms with Crippen molar-refractivity contribution in [3.63, 3.8) is 0 Å². The van der Waals surface area contributed by atoms with Crippen LogP contribution >= 0.6 is 0 Å². The molecule has 0 spiro atoms. The predicted molar refractivity (Wildman–Crippen MR) is 134 cm³/mol. The molecule has 1 aliphatic heterocycles. The van der Waals surface area contributed by atoms with Gasteiger partial charge in [0.2, 0.25) is 11.8 Å². The van der Waals surface area contributed by atoms with Gasteiger partial charge in [0, 0.05) is 69.2 Å². The Morgan fingerprint density at radius 1 is 1.09 bits per heavy atom. The topological polar surface area (TPSA) is 87.5 Å². The molecule has 8 heteroatoms. The maximum atomic E-state index is 13.1. The zero-order valence-corrected chi connectivity index (χ0v) is 20.8. The van der Waals surface area contributed by atoms with Crippen LogP contribution in [0.2, 0.25) is 0 Å². The summed E-state index contributed by atoms with van der Waals surface area (Å²) in [5.74, 6) is 0.393. The number of hydrogen-bond acceptors (Lipinski definition) is 5. The number of nitrogens with one attached hydrogen (secondary N) is 1. The molecule has 0 saturated heterocycles. The molecule has 3 rings (SSSR count). The summed E-state index contributed by atoms with van der Waals surface area (Å²) in [7, 11) is 0. The Balaban J connectivity index is 1.71. The van der Waals surface area contributed by atoms with Crippen LogP contribution in [0.4, 0.5) is 5.69 Å². The molecule has 184 valence electrons. The third-order valence-electron chi connectivity index (χ3n) is 6.10. The number of aryl methyl sites for hydroxylation is 2. The van der Waals surface area contributed by atoms with Gasteiger partial charge >= 0.3 is 5.69 Å². The fourth-order valence-corrected chi connectivity index (χ4v) is 4.39. The number of amides is 2. The first-order valence-corrected chi connectivity index (χ1v) is 12.2. The quantitative estimate of drug-likeness (QED) is 0.731. The van der Waals surface area contributed by atoms with E-state index in [1.165, 1.54) is 0 Å². The summed E-state index contributed by atoms with van der Waals surface area (Å²) in [6.07, 6.45) is 1.42. The second-order valence-electron chi connectivity index (χ2n) is 9.41. The number of benzene rings is 1. The molecule has 8 nitrogen and oxygen atoms in total. The molecule has 0 fully saturated rings. The van der Waals surface area contributed by atoms with Crippen LogP contribution in [0.1, 0.15) is 50.1 Å². The second kappa shape index (κ2) is 11.9. The number of para-hydroxylation sites is 1. The molecule has 1 N–H and O–H groups in total. The molecule has 0 bridgehead atoms. The lowest BCUT2D eigenvalue weighted by Gasteiger charge is -2.27. The molecule has 1 aromatic heterocycles. The largest absolute Gasteiger partial charge is 0.347 e. The standard InChI is InChI=1S/C26H37N5O3/c1-19(2)16-25(33)31-13-7-12-29(15-11-27-18-22-8-5-6-9-23(22)31)24(32)10-14-30-21(4)17-20(3)28-26(30)34/h5-6,8-9,17,19,27H,7,10-16,18H2,1-4H3. The predicted octanol–water partition coefficient (Wildman–Crippen LogP) is 2.65. The van der Waals surface area contributed by atoms with E-state index in [1.54, 1.807) is 11.5 Å². The van der Waals surface area contributed by atoms with Gasteiger partial charge in [-0.2, -0.15) is 4.98 Å². The minimum atomic E-state index is -0.318. The van der Waals surface area contributed by atoms with E-state index in [1.807, 2.05) is 41.0 Å². The molecule has 0 radical (unpaired) electrons. The molecule has 2 amide bonds. The smallest absolute Gasteiger partial charge is 0.341 e. The number of rotatable bonds is 5. The Morgan fingerprint density at radius 3 is 2.59 bits per heavy atom. The number of hydrogen-bond donors (Lipinski definition) is 1. The van der Waals surface area contributed by atoms with Crippen LogP contribution in [0.5, 0.6) is 0 Å². The van der Waals surface area contributed by atoms with E-state index in [-0.39, 0.29) is 29.8 Å². The van der Waals surface area contributed by atoms with Crippen molar-refractivity contribution in [1.82, 2.24) is 19.8 Å². The van der Waals surface area contributed by atoms with E-state index in [0.29, 0.717) is 57.8 Å². The first-order chi connectivity index (χ1) is 16.3. The van der Waals surface area contributed by atoms with Gasteiger partial charge in [-0.15, -0.1) is 0 Å². The molecule has 2 heterocycles. The molecule has 0 saturated carbocycles. The number of carbonyl (C=O) groups is 2. The maximum absolute atomic E-state index is 13.1. The van der Waals surface area contributed by atoms with Crippen LogP contribution in [-0.4, -0.2) is 52.4 Å². The van der Waals surface area contributed by atoms with Crippen molar-refractivity contribution in [3.05, 3.63) is 57.8 Å². The van der Waals surface area contributed by atoms with Crippen LogP contribution in [0.3, 0.4) is 0 Å². The highest BCUT2D eigenvalue weighted by Crippen LogP contribution is 2.23. The summed E-state index contributed by atoms with van der Waals surface area (Å²) < 4.78 is 1.55. The van der Waals surface area contributed by atoms with Crippen molar-refractivity contribution < 1.29 is 9.59 Å². The van der Waals surface area contributed by atoms with Gasteiger partial charge in [-0.3, -0.25) is 14.2 Å². The van der Waals surface area contributed by atoms with Gasteiger partial charge in [-0.1, -0.05) is 32.0 Å². The van der Waals surface area contributed by atoms with E-state index in [0.717, 1.165) is 16.9 Å². The lowest BCUT2D eigenvalue weighted by atomic mass is 10.1. The Kier molecular flexibility index (Phi) is 8.98. The average Bonchev–Trinajstić information content (AvgIpc) is 2.81. The van der Waals surface area contributed by atoms with Gasteiger partial charge in [0.05, 0.1) is 0 Å². The maximum Gasteiger partial charge on any atom is 0.347 e. The van der Waals surface area contributed by atoms with Gasteiger partial charge in [-0.05, 0) is 43.9 Å². The molecule has 0 unspecified atom stereocenters. The van der Waals surface area contributed by atoms with Crippen LogP contribution in [0, 0.1) is 19.8 Å². The highest BCUT2D eigenvalue weighted by Gasteiger charge is 2.22. The third kappa shape index (κ3) is 6.76. The number of fused-ring (bicyclic) bond motifs is 1. The zero-order chi connectivity index (χ0) is 24.7. The molecular formula is C26H37N5O3. The molecule has 34 heavy (non-hydrogen) atoms. The second-order valence-corrected chi connectivity index (χ2v) is 9.41. The van der Waals surface area contributed by atoms with Crippen LogP contribution < -0.4 is 15.9 Å². The lowest BCUT2D eigenvalue weighted by molar-refractivity contribution is -0.131. The van der Waals surface area contributed by atoms with E-state index in [9.17, 15) is 14.4 Å². The fraction of sp³-hybridized carbons (Fsp3) is 0.538. The zero-order valence-electron chi connectivity index (χ0n) is 20.8. The summed E-state index contributed by atoms with van der Waals surface area (Å²) in [6.45, 7) is 11.1. The Bertz CT molecular complexity index is 1060. The summed E-state index contributed by atoms with van der Waals surface area (Å²) in [5, 5.41) is 3.43. The summed E-state index contributed by atoms with van der Waals surface area (Å²) >= 11 is 0. The average molecular weight is 468 g/mol. The van der Waals surface area contributed by atoms with E-state index >= 15 is 0 Å². The van der Waals surface area contributed by atoms with Gasteiger partial charge in [-0.25, -0.2) is 4.79 Å². The number of anilines is 1. The molecular weight excluding hydrogens is 430 g/mol. The molecule has 1 aliphatic rings.